The van der Waals surface area contributed by atoms with Gasteiger partial charge in [-0.2, -0.15) is 0 Å². The van der Waals surface area contributed by atoms with Crippen molar-refractivity contribution in [1.29, 1.82) is 0 Å². The standard InChI is InChI=1S/C17H31NO3/c1-3-4-6-11-15(17(20)21)13(2)12-16(19)18-14-9-7-5-8-10-14/h13-15H,3-12H2,1-2H3,(H,18,19)(H,20,21)/t13-,15+/m0/s1. The number of carbonyl (C=O) groups is 2. The Kier molecular flexibility index (Phi) is 8.40. The van der Waals surface area contributed by atoms with Gasteiger partial charge in [0.1, 0.15) is 0 Å². The van der Waals surface area contributed by atoms with Gasteiger partial charge in [-0.1, -0.05) is 52.4 Å². The Morgan fingerprint density at radius 1 is 1.19 bits per heavy atom. The number of rotatable bonds is 9. The van der Waals surface area contributed by atoms with Crippen LogP contribution in [-0.2, 0) is 9.59 Å². The minimum absolute atomic E-state index is 0.0242. The number of hydrogen-bond acceptors (Lipinski definition) is 2. The van der Waals surface area contributed by atoms with E-state index in [1.165, 1.54) is 19.3 Å². The third-order valence-corrected chi connectivity index (χ3v) is 4.60. The summed E-state index contributed by atoms with van der Waals surface area (Å²) < 4.78 is 0. The smallest absolute Gasteiger partial charge is 0.306 e. The van der Waals surface area contributed by atoms with Crippen LogP contribution in [0.4, 0.5) is 0 Å². The molecule has 122 valence electrons. The Balaban J connectivity index is 2.37. The number of nitrogens with one attached hydrogen (secondary N) is 1. The van der Waals surface area contributed by atoms with Crippen molar-refractivity contribution in [3.05, 3.63) is 0 Å². The van der Waals surface area contributed by atoms with Gasteiger partial charge < -0.3 is 10.4 Å². The highest BCUT2D eigenvalue weighted by Crippen LogP contribution is 2.23. The molecule has 0 saturated heterocycles. The lowest BCUT2D eigenvalue weighted by molar-refractivity contribution is -0.144. The Hall–Kier alpha value is -1.06. The van der Waals surface area contributed by atoms with Crippen LogP contribution in [0.25, 0.3) is 0 Å². The summed E-state index contributed by atoms with van der Waals surface area (Å²) >= 11 is 0. The highest BCUT2D eigenvalue weighted by molar-refractivity contribution is 5.78. The first-order chi connectivity index (χ1) is 10.0. The van der Waals surface area contributed by atoms with Gasteiger partial charge in [-0.15, -0.1) is 0 Å². The normalized spacial score (nSPS) is 19.0. The number of carbonyl (C=O) groups excluding carboxylic acids is 1. The molecule has 21 heavy (non-hydrogen) atoms. The van der Waals surface area contributed by atoms with Gasteiger partial charge in [0.25, 0.3) is 0 Å². The van der Waals surface area contributed by atoms with Crippen molar-refractivity contribution in [2.75, 3.05) is 0 Å². The van der Waals surface area contributed by atoms with Crippen molar-refractivity contribution in [2.24, 2.45) is 11.8 Å². The van der Waals surface area contributed by atoms with Gasteiger partial charge in [-0.3, -0.25) is 9.59 Å². The van der Waals surface area contributed by atoms with E-state index in [1.807, 2.05) is 6.92 Å². The molecule has 1 fully saturated rings. The second-order valence-electron chi connectivity index (χ2n) is 6.52. The first-order valence-electron chi connectivity index (χ1n) is 8.56. The van der Waals surface area contributed by atoms with E-state index in [0.717, 1.165) is 32.1 Å². The summed E-state index contributed by atoms with van der Waals surface area (Å²) in [5.74, 6) is -1.23. The van der Waals surface area contributed by atoms with Crippen molar-refractivity contribution in [3.63, 3.8) is 0 Å². The Labute approximate surface area is 128 Å². The van der Waals surface area contributed by atoms with E-state index in [1.54, 1.807) is 0 Å². The lowest BCUT2D eigenvalue weighted by Crippen LogP contribution is -2.38. The molecule has 0 aliphatic heterocycles. The van der Waals surface area contributed by atoms with Crippen molar-refractivity contribution in [3.8, 4) is 0 Å². The number of hydrogen-bond donors (Lipinski definition) is 2. The van der Waals surface area contributed by atoms with E-state index in [9.17, 15) is 14.7 Å². The predicted octanol–water partition coefficient (Wildman–Crippen LogP) is 3.74. The van der Waals surface area contributed by atoms with Gasteiger partial charge >= 0.3 is 5.97 Å². The van der Waals surface area contributed by atoms with E-state index < -0.39 is 11.9 Å². The van der Waals surface area contributed by atoms with Crippen molar-refractivity contribution < 1.29 is 14.7 Å². The summed E-state index contributed by atoms with van der Waals surface area (Å²) in [7, 11) is 0. The molecule has 1 saturated carbocycles. The quantitative estimate of drug-likeness (QED) is 0.637. The molecule has 1 aliphatic carbocycles. The van der Waals surface area contributed by atoms with Crippen molar-refractivity contribution in [2.45, 2.75) is 84.1 Å². The van der Waals surface area contributed by atoms with Gasteiger partial charge in [0.15, 0.2) is 0 Å². The predicted molar refractivity (Wildman–Crippen MR) is 84.1 cm³/mol. The van der Waals surface area contributed by atoms with Crippen LogP contribution in [0.2, 0.25) is 0 Å². The molecule has 4 nitrogen and oxygen atoms in total. The van der Waals surface area contributed by atoms with Gasteiger partial charge in [-0.25, -0.2) is 0 Å². The first-order valence-corrected chi connectivity index (χ1v) is 8.56. The molecular formula is C17H31NO3. The highest BCUT2D eigenvalue weighted by atomic mass is 16.4. The molecule has 0 aromatic carbocycles. The fraction of sp³-hybridized carbons (Fsp3) is 0.882. The molecule has 0 aromatic rings. The molecule has 0 unspecified atom stereocenters. The zero-order chi connectivity index (χ0) is 15.7. The lowest BCUT2D eigenvalue weighted by atomic mass is 9.86. The summed E-state index contributed by atoms with van der Waals surface area (Å²) in [5.41, 5.74) is 0. The average Bonchev–Trinajstić information content (AvgIpc) is 2.44. The maximum Gasteiger partial charge on any atom is 0.306 e. The van der Waals surface area contributed by atoms with Crippen LogP contribution in [0.15, 0.2) is 0 Å². The molecular weight excluding hydrogens is 266 g/mol. The van der Waals surface area contributed by atoms with Gasteiger partial charge in [-0.05, 0) is 25.2 Å². The SMILES string of the molecule is CCCCC[C@@H](C(=O)O)[C@@H](C)CC(=O)NC1CCCCC1. The van der Waals surface area contributed by atoms with Crippen LogP contribution in [-0.4, -0.2) is 23.0 Å². The molecule has 0 aromatic heterocycles. The number of unbranched alkanes of at least 4 members (excludes halogenated alkanes) is 2. The second-order valence-corrected chi connectivity index (χ2v) is 6.52. The maximum atomic E-state index is 12.1. The van der Waals surface area contributed by atoms with Gasteiger partial charge in [0.2, 0.25) is 5.91 Å². The lowest BCUT2D eigenvalue weighted by Gasteiger charge is -2.25. The Morgan fingerprint density at radius 2 is 1.86 bits per heavy atom. The largest absolute Gasteiger partial charge is 0.481 e. The van der Waals surface area contributed by atoms with Crippen LogP contribution < -0.4 is 5.32 Å². The molecule has 0 heterocycles. The molecule has 0 bridgehead atoms. The molecule has 1 rings (SSSR count). The maximum absolute atomic E-state index is 12.1. The zero-order valence-corrected chi connectivity index (χ0v) is 13.6. The number of aliphatic carboxylic acids is 1. The Bertz CT molecular complexity index is 324. The molecule has 1 aliphatic rings. The van der Waals surface area contributed by atoms with E-state index in [0.29, 0.717) is 18.9 Å². The van der Waals surface area contributed by atoms with Crippen LogP contribution in [0.1, 0.15) is 78.1 Å². The van der Waals surface area contributed by atoms with E-state index in [4.69, 9.17) is 0 Å². The van der Waals surface area contributed by atoms with Crippen LogP contribution in [0.5, 0.6) is 0 Å². The third-order valence-electron chi connectivity index (χ3n) is 4.60. The van der Waals surface area contributed by atoms with E-state index >= 15 is 0 Å². The minimum atomic E-state index is -0.760. The molecule has 2 atom stereocenters. The van der Waals surface area contributed by atoms with Crippen LogP contribution >= 0.6 is 0 Å². The summed E-state index contributed by atoms with van der Waals surface area (Å²) in [6.07, 6.45) is 9.88. The fourth-order valence-electron chi connectivity index (χ4n) is 3.23. The topological polar surface area (TPSA) is 66.4 Å². The van der Waals surface area contributed by atoms with Crippen LogP contribution in [0.3, 0.4) is 0 Å². The summed E-state index contributed by atoms with van der Waals surface area (Å²) in [6.45, 7) is 4.00. The summed E-state index contributed by atoms with van der Waals surface area (Å²) in [4.78, 5) is 23.4. The molecule has 1 amide bonds. The van der Waals surface area contributed by atoms with E-state index in [2.05, 4.69) is 12.2 Å². The first kappa shape index (κ1) is 18.0. The van der Waals surface area contributed by atoms with Gasteiger partial charge in [0.05, 0.1) is 5.92 Å². The van der Waals surface area contributed by atoms with Crippen molar-refractivity contribution >= 4 is 11.9 Å². The molecule has 4 heteroatoms. The van der Waals surface area contributed by atoms with Gasteiger partial charge in [0, 0.05) is 12.5 Å². The fourth-order valence-corrected chi connectivity index (χ4v) is 3.23. The zero-order valence-electron chi connectivity index (χ0n) is 13.6. The van der Waals surface area contributed by atoms with Crippen LogP contribution in [0, 0.1) is 11.8 Å². The molecule has 2 N–H and O–H groups in total. The molecule has 0 spiro atoms. The Morgan fingerprint density at radius 3 is 2.43 bits per heavy atom. The van der Waals surface area contributed by atoms with Crippen molar-refractivity contribution in [1.82, 2.24) is 5.32 Å². The average molecular weight is 297 g/mol. The second kappa shape index (κ2) is 9.80. The monoisotopic (exact) mass is 297 g/mol. The third kappa shape index (κ3) is 6.96. The number of carboxylic acids is 1. The molecule has 0 radical (unpaired) electrons. The number of carboxylic acid groups (broad SMARTS) is 1. The highest BCUT2D eigenvalue weighted by Gasteiger charge is 2.26. The van der Waals surface area contributed by atoms with E-state index in [-0.39, 0.29) is 11.8 Å². The number of amides is 1. The summed E-state index contributed by atoms with van der Waals surface area (Å²) in [6, 6.07) is 0.307. The minimum Gasteiger partial charge on any atom is -0.481 e. The summed E-state index contributed by atoms with van der Waals surface area (Å²) in [5, 5.41) is 12.4.